The number of aryl methyl sites for hydroxylation is 1. The summed E-state index contributed by atoms with van der Waals surface area (Å²) in [6.45, 7) is 2.21. The molecule has 2 unspecified atom stereocenters. The second-order valence-corrected chi connectivity index (χ2v) is 6.04. The van der Waals surface area contributed by atoms with Crippen LogP contribution in [-0.4, -0.2) is 24.6 Å². The van der Waals surface area contributed by atoms with Crippen molar-refractivity contribution in [3.05, 3.63) is 35.4 Å². The Hall–Kier alpha value is -0.470. The van der Waals surface area contributed by atoms with Crippen LogP contribution in [0.4, 0.5) is 0 Å². The van der Waals surface area contributed by atoms with Gasteiger partial charge in [-0.2, -0.15) is 11.8 Å². The molecule has 0 spiro atoms. The van der Waals surface area contributed by atoms with E-state index in [0.29, 0.717) is 6.04 Å². The van der Waals surface area contributed by atoms with Crippen molar-refractivity contribution < 1.29 is 0 Å². The van der Waals surface area contributed by atoms with Gasteiger partial charge < -0.3 is 5.32 Å². The Morgan fingerprint density at radius 1 is 1.29 bits per heavy atom. The Bertz CT molecular complexity index is 327. The number of thioether (sulfide) groups is 1. The molecule has 0 radical (unpaired) electrons. The van der Waals surface area contributed by atoms with Crippen LogP contribution < -0.4 is 5.32 Å². The lowest BCUT2D eigenvalue weighted by Crippen LogP contribution is -2.35. The molecule has 1 fully saturated rings. The molecule has 94 valence electrons. The van der Waals surface area contributed by atoms with Crippen LogP contribution in [0.2, 0.25) is 0 Å². The summed E-state index contributed by atoms with van der Waals surface area (Å²) in [6.07, 6.45) is 3.68. The first-order chi connectivity index (χ1) is 8.33. The summed E-state index contributed by atoms with van der Waals surface area (Å²) in [5.74, 6) is 3.53. The molecule has 2 atom stereocenters. The van der Waals surface area contributed by atoms with Crippen molar-refractivity contribution >= 4 is 11.8 Å². The third-order valence-corrected chi connectivity index (χ3v) is 4.98. The zero-order chi connectivity index (χ0) is 12.1. The minimum absolute atomic E-state index is 0.650. The average molecular weight is 249 g/mol. The third-order valence-electron chi connectivity index (χ3n) is 3.79. The molecule has 17 heavy (non-hydrogen) atoms. The van der Waals surface area contributed by atoms with Gasteiger partial charge in [-0.1, -0.05) is 31.2 Å². The highest BCUT2D eigenvalue weighted by Crippen LogP contribution is 2.27. The zero-order valence-electron chi connectivity index (χ0n) is 10.9. The third kappa shape index (κ3) is 3.49. The molecule has 1 N–H and O–H groups in total. The quantitative estimate of drug-likeness (QED) is 0.860. The predicted octanol–water partition coefficient (Wildman–Crippen LogP) is 3.13. The number of hydrogen-bond donors (Lipinski definition) is 1. The summed E-state index contributed by atoms with van der Waals surface area (Å²) in [4.78, 5) is 0. The molecule has 1 aliphatic heterocycles. The Kier molecular flexibility index (Phi) is 4.93. The van der Waals surface area contributed by atoms with Crippen LogP contribution in [0.15, 0.2) is 24.3 Å². The van der Waals surface area contributed by atoms with Gasteiger partial charge in [0.25, 0.3) is 0 Å². The topological polar surface area (TPSA) is 12.0 Å². The van der Waals surface area contributed by atoms with Gasteiger partial charge in [-0.3, -0.25) is 0 Å². The van der Waals surface area contributed by atoms with Gasteiger partial charge in [0.15, 0.2) is 0 Å². The van der Waals surface area contributed by atoms with Gasteiger partial charge >= 0.3 is 0 Å². The Balaban J connectivity index is 1.96. The Morgan fingerprint density at radius 2 is 2.00 bits per heavy atom. The number of nitrogens with one attached hydrogen (secondary N) is 1. The minimum Gasteiger partial charge on any atom is -0.316 e. The van der Waals surface area contributed by atoms with Crippen molar-refractivity contribution in [3.8, 4) is 0 Å². The van der Waals surface area contributed by atoms with Crippen molar-refractivity contribution in [2.45, 2.75) is 32.2 Å². The van der Waals surface area contributed by atoms with Crippen LogP contribution in [0, 0.1) is 5.92 Å². The van der Waals surface area contributed by atoms with Crippen LogP contribution in [0.5, 0.6) is 0 Å². The van der Waals surface area contributed by atoms with Crippen molar-refractivity contribution in [1.29, 1.82) is 0 Å². The van der Waals surface area contributed by atoms with Crippen LogP contribution in [0.1, 0.15) is 24.5 Å². The van der Waals surface area contributed by atoms with Crippen LogP contribution in [0.25, 0.3) is 0 Å². The van der Waals surface area contributed by atoms with E-state index in [1.165, 1.54) is 35.5 Å². The molecule has 0 amide bonds. The molecule has 1 saturated heterocycles. The van der Waals surface area contributed by atoms with E-state index < -0.39 is 0 Å². The van der Waals surface area contributed by atoms with E-state index in [0.717, 1.165) is 12.3 Å². The molecule has 0 saturated carbocycles. The van der Waals surface area contributed by atoms with Crippen LogP contribution in [0.3, 0.4) is 0 Å². The molecule has 0 bridgehead atoms. The smallest absolute Gasteiger partial charge is 0.0141 e. The minimum atomic E-state index is 0.650. The normalized spacial score (nSPS) is 21.6. The first-order valence-electron chi connectivity index (χ1n) is 6.66. The largest absolute Gasteiger partial charge is 0.316 e. The summed E-state index contributed by atoms with van der Waals surface area (Å²) < 4.78 is 0. The first-order valence-corrected chi connectivity index (χ1v) is 7.81. The molecule has 0 aliphatic carbocycles. The standard InChI is InChI=1S/C15H23NS/c1-3-12-4-6-13(7-5-12)10-15(16-2)14-8-9-17-11-14/h4-7,14-16H,3,8-11H2,1-2H3. The van der Waals surface area contributed by atoms with E-state index in [-0.39, 0.29) is 0 Å². The van der Waals surface area contributed by atoms with Crippen molar-refractivity contribution in [3.63, 3.8) is 0 Å². The van der Waals surface area contributed by atoms with Gasteiger partial charge in [0.05, 0.1) is 0 Å². The summed E-state index contributed by atoms with van der Waals surface area (Å²) in [6, 6.07) is 9.78. The SMILES string of the molecule is CCc1ccc(CC(NC)C2CCSC2)cc1. The molecular weight excluding hydrogens is 226 g/mol. The first kappa shape index (κ1) is 13.0. The van der Waals surface area contributed by atoms with Crippen molar-refractivity contribution in [2.75, 3.05) is 18.6 Å². The number of benzene rings is 1. The highest BCUT2D eigenvalue weighted by Gasteiger charge is 2.24. The Morgan fingerprint density at radius 3 is 2.53 bits per heavy atom. The van der Waals surface area contributed by atoms with Crippen LogP contribution in [-0.2, 0) is 12.8 Å². The lowest BCUT2D eigenvalue weighted by Gasteiger charge is -2.22. The van der Waals surface area contributed by atoms with E-state index in [1.807, 2.05) is 0 Å². The molecule has 2 rings (SSSR count). The fraction of sp³-hybridized carbons (Fsp3) is 0.600. The number of hydrogen-bond acceptors (Lipinski definition) is 2. The summed E-state index contributed by atoms with van der Waals surface area (Å²) in [7, 11) is 2.11. The monoisotopic (exact) mass is 249 g/mol. The molecule has 2 heteroatoms. The van der Waals surface area contributed by atoms with Gasteiger partial charge in [0.1, 0.15) is 0 Å². The lowest BCUT2D eigenvalue weighted by atomic mass is 9.93. The molecule has 1 heterocycles. The highest BCUT2D eigenvalue weighted by molar-refractivity contribution is 7.99. The highest BCUT2D eigenvalue weighted by atomic mass is 32.2. The number of rotatable bonds is 5. The predicted molar refractivity (Wildman–Crippen MR) is 77.8 cm³/mol. The summed E-state index contributed by atoms with van der Waals surface area (Å²) in [5, 5.41) is 3.51. The summed E-state index contributed by atoms with van der Waals surface area (Å²) >= 11 is 2.10. The molecular formula is C15H23NS. The van der Waals surface area contributed by atoms with Gasteiger partial charge in [0.2, 0.25) is 0 Å². The maximum absolute atomic E-state index is 3.51. The summed E-state index contributed by atoms with van der Waals surface area (Å²) in [5.41, 5.74) is 2.91. The van der Waals surface area contributed by atoms with Crippen LogP contribution >= 0.6 is 11.8 Å². The molecule has 1 aromatic rings. The second kappa shape index (κ2) is 6.46. The Labute approximate surface area is 109 Å². The molecule has 1 nitrogen and oxygen atoms in total. The number of likely N-dealkylation sites (N-methyl/N-ethyl adjacent to an activating group) is 1. The van der Waals surface area contributed by atoms with Gasteiger partial charge in [0, 0.05) is 6.04 Å². The van der Waals surface area contributed by atoms with Gasteiger partial charge in [-0.25, -0.2) is 0 Å². The van der Waals surface area contributed by atoms with E-state index in [1.54, 1.807) is 0 Å². The van der Waals surface area contributed by atoms with Gasteiger partial charge in [-0.15, -0.1) is 0 Å². The fourth-order valence-electron chi connectivity index (χ4n) is 2.54. The van der Waals surface area contributed by atoms with E-state index in [2.05, 4.69) is 55.3 Å². The van der Waals surface area contributed by atoms with Gasteiger partial charge in [-0.05, 0) is 54.9 Å². The average Bonchev–Trinajstić information content (AvgIpc) is 2.90. The zero-order valence-corrected chi connectivity index (χ0v) is 11.7. The van der Waals surface area contributed by atoms with Crippen molar-refractivity contribution in [1.82, 2.24) is 5.32 Å². The maximum atomic E-state index is 3.51. The maximum Gasteiger partial charge on any atom is 0.0141 e. The fourth-order valence-corrected chi connectivity index (χ4v) is 3.88. The van der Waals surface area contributed by atoms with E-state index in [4.69, 9.17) is 0 Å². The van der Waals surface area contributed by atoms with Crippen molar-refractivity contribution in [2.24, 2.45) is 5.92 Å². The molecule has 1 aliphatic rings. The van der Waals surface area contributed by atoms with E-state index >= 15 is 0 Å². The molecule has 0 aromatic heterocycles. The molecule has 1 aromatic carbocycles. The van der Waals surface area contributed by atoms with E-state index in [9.17, 15) is 0 Å². The lowest BCUT2D eigenvalue weighted by molar-refractivity contribution is 0.404. The second-order valence-electron chi connectivity index (χ2n) is 4.89.